The summed E-state index contributed by atoms with van der Waals surface area (Å²) < 4.78 is 26.2. The van der Waals surface area contributed by atoms with Crippen molar-refractivity contribution in [3.63, 3.8) is 0 Å². The van der Waals surface area contributed by atoms with E-state index in [1.54, 1.807) is 0 Å². The highest BCUT2D eigenvalue weighted by atomic mass is 35.5. The van der Waals surface area contributed by atoms with E-state index < -0.39 is 11.6 Å². The molecule has 0 saturated heterocycles. The van der Waals surface area contributed by atoms with E-state index in [0.717, 1.165) is 12.1 Å². The van der Waals surface area contributed by atoms with E-state index in [-0.39, 0.29) is 10.7 Å². The second-order valence-corrected chi connectivity index (χ2v) is 4.42. The van der Waals surface area contributed by atoms with Crippen LogP contribution < -0.4 is 11.1 Å². The molecule has 3 N–H and O–H groups in total. The molecule has 2 nitrogen and oxygen atoms in total. The Hall–Kier alpha value is -1.52. The topological polar surface area (TPSA) is 38.0 Å². The highest BCUT2D eigenvalue weighted by Gasteiger charge is 2.08. The molecule has 0 aromatic heterocycles. The Morgan fingerprint density at radius 2 is 1.61 bits per heavy atom. The van der Waals surface area contributed by atoms with Gasteiger partial charge < -0.3 is 11.1 Å². The van der Waals surface area contributed by atoms with E-state index in [2.05, 4.69) is 5.32 Å². The van der Waals surface area contributed by atoms with Gasteiger partial charge in [-0.3, -0.25) is 0 Å². The minimum atomic E-state index is -0.722. The molecular formula is C12H8Cl2F2N2. The summed E-state index contributed by atoms with van der Waals surface area (Å²) in [6, 6.07) is 6.11. The van der Waals surface area contributed by atoms with Crippen LogP contribution in [0.3, 0.4) is 0 Å². The lowest BCUT2D eigenvalue weighted by molar-refractivity contribution is 0.586. The molecular weight excluding hydrogens is 281 g/mol. The Bertz CT molecular complexity index is 603. The monoisotopic (exact) mass is 288 g/mol. The Morgan fingerprint density at radius 1 is 0.944 bits per heavy atom. The molecule has 0 atom stereocenters. The first-order valence-electron chi connectivity index (χ1n) is 4.94. The van der Waals surface area contributed by atoms with E-state index in [1.165, 1.54) is 18.2 Å². The van der Waals surface area contributed by atoms with Crippen LogP contribution in [0.2, 0.25) is 10.0 Å². The van der Waals surface area contributed by atoms with Crippen LogP contribution in [0.4, 0.5) is 25.8 Å². The van der Waals surface area contributed by atoms with E-state index >= 15 is 0 Å². The first kappa shape index (κ1) is 12.9. The molecule has 6 heteroatoms. The minimum Gasteiger partial charge on any atom is -0.397 e. The van der Waals surface area contributed by atoms with Crippen molar-refractivity contribution in [2.24, 2.45) is 0 Å². The molecule has 0 unspecified atom stereocenters. The maximum atomic E-state index is 13.4. The molecule has 0 aliphatic rings. The van der Waals surface area contributed by atoms with E-state index in [0.29, 0.717) is 16.4 Å². The predicted molar refractivity (Wildman–Crippen MR) is 70.5 cm³/mol. The highest BCUT2D eigenvalue weighted by Crippen LogP contribution is 2.33. The number of benzene rings is 2. The lowest BCUT2D eigenvalue weighted by atomic mass is 10.2. The van der Waals surface area contributed by atoms with Gasteiger partial charge in [-0.2, -0.15) is 0 Å². The van der Waals surface area contributed by atoms with Crippen LogP contribution in [0.5, 0.6) is 0 Å². The Balaban J connectivity index is 2.37. The molecule has 0 saturated carbocycles. The fraction of sp³-hybridized carbons (Fsp3) is 0. The van der Waals surface area contributed by atoms with Gasteiger partial charge in [-0.1, -0.05) is 23.2 Å². The zero-order valence-corrected chi connectivity index (χ0v) is 10.5. The third kappa shape index (κ3) is 2.66. The summed E-state index contributed by atoms with van der Waals surface area (Å²) in [7, 11) is 0. The van der Waals surface area contributed by atoms with Gasteiger partial charge in [0.15, 0.2) is 0 Å². The summed E-state index contributed by atoms with van der Waals surface area (Å²) in [4.78, 5) is 0. The van der Waals surface area contributed by atoms with Gasteiger partial charge in [0, 0.05) is 6.07 Å². The fourth-order valence-corrected chi connectivity index (χ4v) is 1.74. The second-order valence-electron chi connectivity index (χ2n) is 3.60. The van der Waals surface area contributed by atoms with Crippen molar-refractivity contribution in [3.8, 4) is 0 Å². The summed E-state index contributed by atoms with van der Waals surface area (Å²) in [6.07, 6.45) is 0. The third-order valence-corrected chi connectivity index (χ3v) is 3.02. The Labute approximate surface area is 112 Å². The largest absolute Gasteiger partial charge is 0.397 e. The lowest BCUT2D eigenvalue weighted by Crippen LogP contribution is -1.99. The molecule has 0 heterocycles. The molecule has 2 aromatic rings. The van der Waals surface area contributed by atoms with Crippen molar-refractivity contribution in [2.45, 2.75) is 0 Å². The number of hydrogen-bond donors (Lipinski definition) is 2. The first-order chi connectivity index (χ1) is 8.47. The number of nitrogens with two attached hydrogens (primary N) is 1. The second kappa shape index (κ2) is 5.00. The molecule has 0 fully saturated rings. The molecule has 18 heavy (non-hydrogen) atoms. The molecule has 0 spiro atoms. The highest BCUT2D eigenvalue weighted by molar-refractivity contribution is 6.42. The summed E-state index contributed by atoms with van der Waals surface area (Å²) in [5.41, 5.74) is 6.53. The number of halogens is 4. The molecule has 0 aliphatic carbocycles. The maximum absolute atomic E-state index is 13.4. The number of hydrogen-bond acceptors (Lipinski definition) is 2. The smallest absolute Gasteiger partial charge is 0.149 e. The third-order valence-electron chi connectivity index (χ3n) is 2.29. The van der Waals surface area contributed by atoms with Gasteiger partial charge in [0.25, 0.3) is 0 Å². The summed E-state index contributed by atoms with van der Waals surface area (Å²) in [5.74, 6) is -1.37. The quantitative estimate of drug-likeness (QED) is 0.793. The van der Waals surface area contributed by atoms with Crippen molar-refractivity contribution in [1.29, 1.82) is 0 Å². The van der Waals surface area contributed by atoms with Gasteiger partial charge in [-0.15, -0.1) is 0 Å². The molecule has 0 radical (unpaired) electrons. The van der Waals surface area contributed by atoms with Gasteiger partial charge in [-0.05, 0) is 24.3 Å². The van der Waals surface area contributed by atoms with Crippen LogP contribution in [0.25, 0.3) is 0 Å². The molecule has 2 aromatic carbocycles. The normalized spacial score (nSPS) is 10.4. The molecule has 2 rings (SSSR count). The molecule has 0 bridgehead atoms. The number of nitrogen functional groups attached to an aromatic ring is 1. The zero-order valence-electron chi connectivity index (χ0n) is 8.98. The summed E-state index contributed by atoms with van der Waals surface area (Å²) in [6.45, 7) is 0. The average molecular weight is 289 g/mol. The molecule has 0 amide bonds. The number of anilines is 3. The van der Waals surface area contributed by atoms with Gasteiger partial charge in [0.05, 0.1) is 27.1 Å². The Morgan fingerprint density at radius 3 is 2.28 bits per heavy atom. The minimum absolute atomic E-state index is 0.0986. The van der Waals surface area contributed by atoms with Crippen molar-refractivity contribution in [3.05, 3.63) is 52.0 Å². The van der Waals surface area contributed by atoms with Crippen LogP contribution >= 0.6 is 23.2 Å². The van der Waals surface area contributed by atoms with Crippen molar-refractivity contribution >= 4 is 40.3 Å². The van der Waals surface area contributed by atoms with Crippen molar-refractivity contribution in [1.82, 2.24) is 0 Å². The van der Waals surface area contributed by atoms with Crippen LogP contribution in [0.15, 0.2) is 30.3 Å². The van der Waals surface area contributed by atoms with Gasteiger partial charge in [0.2, 0.25) is 0 Å². The summed E-state index contributed by atoms with van der Waals surface area (Å²) >= 11 is 11.6. The zero-order chi connectivity index (χ0) is 13.3. The van der Waals surface area contributed by atoms with Gasteiger partial charge in [-0.25, -0.2) is 8.78 Å². The maximum Gasteiger partial charge on any atom is 0.149 e. The predicted octanol–water partition coefficient (Wildman–Crippen LogP) is 4.60. The number of nitrogens with one attached hydrogen (secondary N) is 1. The number of rotatable bonds is 2. The van der Waals surface area contributed by atoms with E-state index in [1.807, 2.05) is 0 Å². The Kier molecular flexibility index (Phi) is 3.59. The SMILES string of the molecule is Nc1cc(Cl)c(Cl)cc1Nc1ccc(F)cc1F. The fourth-order valence-electron chi connectivity index (χ4n) is 1.41. The van der Waals surface area contributed by atoms with Gasteiger partial charge in [0.1, 0.15) is 11.6 Å². The average Bonchev–Trinajstić information content (AvgIpc) is 2.29. The van der Waals surface area contributed by atoms with E-state index in [9.17, 15) is 8.78 Å². The van der Waals surface area contributed by atoms with Crippen molar-refractivity contribution < 1.29 is 8.78 Å². The van der Waals surface area contributed by atoms with Gasteiger partial charge >= 0.3 is 0 Å². The molecule has 94 valence electrons. The van der Waals surface area contributed by atoms with Crippen LogP contribution in [-0.4, -0.2) is 0 Å². The first-order valence-corrected chi connectivity index (χ1v) is 5.69. The standard InChI is InChI=1S/C12H8Cl2F2N2/c13-7-4-10(17)12(5-8(7)14)18-11-2-1-6(15)3-9(11)16/h1-5,18H,17H2. The van der Waals surface area contributed by atoms with Crippen LogP contribution in [-0.2, 0) is 0 Å². The van der Waals surface area contributed by atoms with E-state index in [4.69, 9.17) is 28.9 Å². The van der Waals surface area contributed by atoms with Crippen molar-refractivity contribution in [2.75, 3.05) is 11.1 Å². The molecule has 0 aliphatic heterocycles. The van der Waals surface area contributed by atoms with Crippen LogP contribution in [0.1, 0.15) is 0 Å². The van der Waals surface area contributed by atoms with Crippen LogP contribution in [0, 0.1) is 11.6 Å². The summed E-state index contributed by atoms with van der Waals surface area (Å²) in [5, 5.41) is 3.32. The lowest BCUT2D eigenvalue weighted by Gasteiger charge is -2.11.